The van der Waals surface area contributed by atoms with Gasteiger partial charge in [0, 0.05) is 27.8 Å². The third-order valence-electron chi connectivity index (χ3n) is 8.10. The molecular weight excluding hydrogens is 340 g/mol. The predicted octanol–water partition coefficient (Wildman–Crippen LogP) is 7.22. The van der Waals surface area contributed by atoms with Crippen molar-refractivity contribution in [3.05, 3.63) is 48.0 Å². The Morgan fingerprint density at radius 1 is 1.00 bits per heavy atom. The summed E-state index contributed by atoms with van der Waals surface area (Å²) in [4.78, 5) is 5.28. The smallest absolute Gasteiger partial charge is 0.0945 e. The molecule has 0 fully saturated rings. The van der Waals surface area contributed by atoms with Crippen LogP contribution in [0.1, 0.15) is 53.5 Å². The summed E-state index contributed by atoms with van der Waals surface area (Å²) in [5.41, 5.74) is 5.01. The third kappa shape index (κ3) is 1.87. The average Bonchev–Trinajstić information content (AvgIpc) is 2.79. The molecule has 0 saturated heterocycles. The maximum Gasteiger partial charge on any atom is 0.0945 e. The quantitative estimate of drug-likeness (QED) is 0.473. The normalized spacial score (nSPS) is 28.5. The zero-order valence-corrected chi connectivity index (χ0v) is 17.9. The van der Waals surface area contributed by atoms with Gasteiger partial charge in [0.15, 0.2) is 0 Å². The van der Waals surface area contributed by atoms with Gasteiger partial charge >= 0.3 is 0 Å². The first-order valence-electron chi connectivity index (χ1n) is 10.7. The lowest BCUT2D eigenvalue weighted by molar-refractivity contribution is 0.167. The molecular formula is C26H30N2. The van der Waals surface area contributed by atoms with Crippen LogP contribution in [-0.2, 0) is 5.41 Å². The molecule has 2 aliphatic rings. The molecule has 5 rings (SSSR count). The zero-order valence-electron chi connectivity index (χ0n) is 17.9. The van der Waals surface area contributed by atoms with Crippen LogP contribution < -0.4 is 5.32 Å². The van der Waals surface area contributed by atoms with Gasteiger partial charge in [0.25, 0.3) is 0 Å². The zero-order chi connectivity index (χ0) is 19.8. The molecule has 2 aliphatic heterocycles. The van der Waals surface area contributed by atoms with E-state index < -0.39 is 0 Å². The van der Waals surface area contributed by atoms with Crippen molar-refractivity contribution in [2.45, 2.75) is 58.9 Å². The summed E-state index contributed by atoms with van der Waals surface area (Å²) in [7, 11) is 0. The maximum atomic E-state index is 5.28. The van der Waals surface area contributed by atoms with Crippen molar-refractivity contribution in [3.63, 3.8) is 0 Å². The van der Waals surface area contributed by atoms with Gasteiger partial charge in [0.05, 0.1) is 16.9 Å². The van der Waals surface area contributed by atoms with E-state index in [-0.39, 0.29) is 11.0 Å². The molecule has 0 radical (unpaired) electrons. The van der Waals surface area contributed by atoms with Crippen LogP contribution in [-0.4, -0.2) is 11.3 Å². The van der Waals surface area contributed by atoms with Gasteiger partial charge in [0.2, 0.25) is 0 Å². The fourth-order valence-corrected chi connectivity index (χ4v) is 6.30. The summed E-state index contributed by atoms with van der Waals surface area (Å²) in [6.45, 7) is 14.2. The van der Waals surface area contributed by atoms with E-state index in [0.717, 1.165) is 12.1 Å². The van der Waals surface area contributed by atoms with E-state index in [2.05, 4.69) is 89.3 Å². The molecule has 2 heterocycles. The van der Waals surface area contributed by atoms with Crippen LogP contribution in [0.25, 0.3) is 21.5 Å². The van der Waals surface area contributed by atoms with Crippen LogP contribution in [0.3, 0.4) is 0 Å². The van der Waals surface area contributed by atoms with Gasteiger partial charge in [-0.25, -0.2) is 0 Å². The first-order valence-corrected chi connectivity index (χ1v) is 10.7. The number of anilines is 1. The Kier molecular flexibility index (Phi) is 3.54. The van der Waals surface area contributed by atoms with Crippen LogP contribution in [0.2, 0.25) is 0 Å². The van der Waals surface area contributed by atoms with Crippen LogP contribution in [0.5, 0.6) is 0 Å². The molecule has 0 amide bonds. The lowest BCUT2D eigenvalue weighted by Crippen LogP contribution is -2.62. The van der Waals surface area contributed by atoms with Gasteiger partial charge in [-0.05, 0) is 42.5 Å². The molecule has 2 heteroatoms. The van der Waals surface area contributed by atoms with Crippen LogP contribution >= 0.6 is 0 Å². The van der Waals surface area contributed by atoms with Crippen molar-refractivity contribution in [1.82, 2.24) is 0 Å². The highest BCUT2D eigenvalue weighted by atomic mass is 15.1. The summed E-state index contributed by atoms with van der Waals surface area (Å²) in [5.74, 6) is 0.882. The second kappa shape index (κ2) is 5.59. The third-order valence-corrected chi connectivity index (χ3v) is 8.10. The van der Waals surface area contributed by atoms with E-state index in [1.54, 1.807) is 0 Å². The summed E-state index contributed by atoms with van der Waals surface area (Å²) >= 11 is 0. The molecule has 2 nitrogen and oxygen atoms in total. The van der Waals surface area contributed by atoms with Crippen LogP contribution in [0, 0.1) is 11.8 Å². The molecule has 3 aromatic rings. The number of fused-ring (bicyclic) bond motifs is 4. The lowest BCUT2D eigenvalue weighted by Gasteiger charge is -2.56. The minimum atomic E-state index is -0.0848. The van der Waals surface area contributed by atoms with Gasteiger partial charge in [-0.15, -0.1) is 0 Å². The van der Waals surface area contributed by atoms with Crippen molar-refractivity contribution < 1.29 is 0 Å². The van der Waals surface area contributed by atoms with Crippen molar-refractivity contribution in [2.24, 2.45) is 16.8 Å². The van der Waals surface area contributed by atoms with Crippen molar-refractivity contribution in [1.29, 1.82) is 0 Å². The van der Waals surface area contributed by atoms with Gasteiger partial charge in [-0.1, -0.05) is 70.2 Å². The Morgan fingerprint density at radius 3 is 2.36 bits per heavy atom. The first kappa shape index (κ1) is 17.7. The lowest BCUT2D eigenvalue weighted by atomic mass is 9.53. The number of aliphatic imine (C=N–C) groups is 1. The molecule has 0 aliphatic carbocycles. The Balaban J connectivity index is 2.08. The Bertz CT molecular complexity index is 1160. The Labute approximate surface area is 168 Å². The van der Waals surface area contributed by atoms with Crippen LogP contribution in [0.4, 0.5) is 11.4 Å². The number of rotatable bonds is 2. The topological polar surface area (TPSA) is 24.4 Å². The second-order valence-electron chi connectivity index (χ2n) is 9.40. The van der Waals surface area contributed by atoms with Crippen molar-refractivity contribution in [2.75, 3.05) is 5.32 Å². The predicted molar refractivity (Wildman–Crippen MR) is 122 cm³/mol. The summed E-state index contributed by atoms with van der Waals surface area (Å²) in [5, 5.41) is 9.37. The molecule has 0 saturated carbocycles. The average molecular weight is 371 g/mol. The second-order valence-corrected chi connectivity index (χ2v) is 9.40. The van der Waals surface area contributed by atoms with E-state index in [0.29, 0.717) is 11.8 Å². The Hall–Kier alpha value is -2.35. The largest absolute Gasteiger partial charge is 0.376 e. The molecule has 144 valence electrons. The molecule has 3 unspecified atom stereocenters. The number of hydrogen-bond acceptors (Lipinski definition) is 2. The van der Waals surface area contributed by atoms with Crippen molar-refractivity contribution >= 4 is 38.6 Å². The SMILES string of the molecule is CCC1C(C)=Nc2c3c4c(cccc4c4ccccc24)C(C)(C(C)C)C1(C)N3. The highest BCUT2D eigenvalue weighted by Crippen LogP contribution is 2.59. The summed E-state index contributed by atoms with van der Waals surface area (Å²) in [6.07, 6.45) is 1.08. The van der Waals surface area contributed by atoms with Gasteiger partial charge < -0.3 is 5.32 Å². The highest BCUT2D eigenvalue weighted by molar-refractivity contribution is 6.22. The minimum absolute atomic E-state index is 0.00103. The van der Waals surface area contributed by atoms with E-state index >= 15 is 0 Å². The number of nitrogens with one attached hydrogen (secondary N) is 1. The number of benzene rings is 3. The number of nitrogens with zero attached hydrogens (tertiary/aromatic N) is 1. The molecule has 1 N–H and O–H groups in total. The van der Waals surface area contributed by atoms with E-state index in [1.807, 2.05) is 0 Å². The Morgan fingerprint density at radius 2 is 1.68 bits per heavy atom. The van der Waals surface area contributed by atoms with E-state index in [4.69, 9.17) is 4.99 Å². The standard InChI is InChI=1S/C26H30N2/c1-7-20-16(4)27-23-19-12-9-8-11-17(19)18-13-10-14-21-22(18)24(23)28-26(20,6)25(21,5)15(2)3/h8-15,20,28H,7H2,1-6H3. The van der Waals surface area contributed by atoms with Crippen molar-refractivity contribution in [3.8, 4) is 0 Å². The molecule has 0 aromatic heterocycles. The maximum absolute atomic E-state index is 5.28. The molecule has 3 aromatic carbocycles. The van der Waals surface area contributed by atoms with Crippen LogP contribution in [0.15, 0.2) is 47.5 Å². The molecule has 2 bridgehead atoms. The molecule has 0 spiro atoms. The monoisotopic (exact) mass is 370 g/mol. The number of hydrogen-bond donors (Lipinski definition) is 1. The van der Waals surface area contributed by atoms with E-state index in [1.165, 1.54) is 38.5 Å². The van der Waals surface area contributed by atoms with Gasteiger partial charge in [-0.2, -0.15) is 0 Å². The summed E-state index contributed by atoms with van der Waals surface area (Å²) in [6, 6.07) is 15.7. The summed E-state index contributed by atoms with van der Waals surface area (Å²) < 4.78 is 0. The minimum Gasteiger partial charge on any atom is -0.376 e. The van der Waals surface area contributed by atoms with Gasteiger partial charge in [0.1, 0.15) is 0 Å². The fraction of sp³-hybridized carbons (Fsp3) is 0.423. The fourth-order valence-electron chi connectivity index (χ4n) is 6.30. The van der Waals surface area contributed by atoms with E-state index in [9.17, 15) is 0 Å². The van der Waals surface area contributed by atoms with Gasteiger partial charge in [-0.3, -0.25) is 4.99 Å². The highest BCUT2D eigenvalue weighted by Gasteiger charge is 2.56. The molecule has 3 atom stereocenters. The molecule has 28 heavy (non-hydrogen) atoms. The first-order chi connectivity index (χ1) is 13.3.